The second-order valence-corrected chi connectivity index (χ2v) is 86.7. The van der Waals surface area contributed by atoms with Gasteiger partial charge in [-0.15, -0.1) is 0 Å². The first-order valence-electron chi connectivity index (χ1n) is 8.68. The zero-order valence-corrected chi connectivity index (χ0v) is 37.1. The Morgan fingerprint density at radius 3 is 0.667 bits per heavy atom. The summed E-state index contributed by atoms with van der Waals surface area (Å²) in [5.41, 5.74) is 0. The first-order chi connectivity index (χ1) is 17.9. The van der Waals surface area contributed by atoms with Crippen molar-refractivity contribution in [3.05, 3.63) is 0 Å². The molecule has 0 saturated carbocycles. The summed E-state index contributed by atoms with van der Waals surface area (Å²) in [6.07, 6.45) is 0. The molecule has 0 radical (unpaired) electrons. The van der Waals surface area contributed by atoms with Crippen LogP contribution < -0.4 is 0 Å². The molecule has 0 spiro atoms. The minimum Gasteiger partial charge on any atom is -0.522 e. The average molecular weight is 856 g/mol. The Hall–Kier alpha value is 0.121. The van der Waals surface area contributed by atoms with Gasteiger partial charge in [0.2, 0.25) is 0 Å². The molecule has 0 saturated heterocycles. The molecule has 0 N–H and O–H groups in total. The molecule has 0 aromatic heterocycles. The van der Waals surface area contributed by atoms with Crippen LogP contribution in [0, 0.1) is 0 Å². The summed E-state index contributed by atoms with van der Waals surface area (Å²) < 4.78 is 227. The minimum absolute atomic E-state index is 2.16. The standard InChI is InChI=1S/H2O20Si19/c1-21-25(5)29(9)33(13)37(17)35(15)31(11)27(7)23(3)20-24(4)28(8)32(12)36(16)39(19)38(18)34(14)30(10)26(6)22-2/h21-22H. The van der Waals surface area contributed by atoms with Gasteiger partial charge >= 0.3 is 151 Å². The Balaban J connectivity index is 5.47. The number of hydrogen-bond donors (Lipinski definition) is 0. The third-order valence-electron chi connectivity index (χ3n) is 3.49. The van der Waals surface area contributed by atoms with Crippen LogP contribution in [0.2, 0.25) is 0 Å². The highest BCUT2D eigenvalue weighted by molar-refractivity contribution is 7.76. The lowest BCUT2D eigenvalue weighted by Gasteiger charge is -1.96. The Kier molecular flexibility index (Phi) is 18.0. The van der Waals surface area contributed by atoms with Gasteiger partial charge in [-0.25, -0.2) is 0 Å². The topological polar surface area (TPSA) is 334 Å². The van der Waals surface area contributed by atoms with E-state index in [4.69, 9.17) is 0 Å². The Morgan fingerprint density at radius 1 is 0.282 bits per heavy atom. The van der Waals surface area contributed by atoms with Gasteiger partial charge in [0.1, 0.15) is 0 Å². The zero-order valence-electron chi connectivity index (χ0n) is 17.8. The van der Waals surface area contributed by atoms with E-state index in [1.807, 2.05) is 0 Å². The predicted octanol–water partition coefficient (Wildman–Crippen LogP) is -10.1. The first-order valence-corrected chi connectivity index (χ1v) is 52.0. The SMILES string of the molecule is O=[SiH][Si](=O)[Si](=O)[Si](=O)[Si](=O)[Si](=O)[Si](=O)[Si](=O)[Si](=O)O[Si](=O)[Si](=O)[Si](=O)[Si](=O)[Si](=O)[Si](=O)[Si](=O)[Si](=O)[Si](=O)[SiH]=O. The summed E-state index contributed by atoms with van der Waals surface area (Å²) in [4.78, 5) is 0. The Bertz CT molecular complexity index is 1440. The van der Waals surface area contributed by atoms with Crippen molar-refractivity contribution < 1.29 is 88.9 Å². The fourth-order valence-electron chi connectivity index (χ4n) is 1.62. The van der Waals surface area contributed by atoms with E-state index in [9.17, 15) is 84.8 Å². The molecule has 0 aromatic carbocycles. The third kappa shape index (κ3) is 10.7. The van der Waals surface area contributed by atoms with Gasteiger partial charge in [-0.05, 0) is 0 Å². The Morgan fingerprint density at radius 2 is 0.462 bits per heavy atom. The Labute approximate surface area is 237 Å². The van der Waals surface area contributed by atoms with E-state index >= 15 is 0 Å². The zero-order chi connectivity index (χ0) is 30.9. The van der Waals surface area contributed by atoms with E-state index in [2.05, 4.69) is 4.12 Å². The maximum Gasteiger partial charge on any atom is 0.539 e. The maximum atomic E-state index is 12.2. The van der Waals surface area contributed by atoms with Gasteiger partial charge in [0.15, 0.2) is 0 Å². The van der Waals surface area contributed by atoms with E-state index in [0.29, 0.717) is 0 Å². The molecule has 0 atom stereocenters. The monoisotopic (exact) mass is 853 g/mol. The van der Waals surface area contributed by atoms with Crippen LogP contribution in [-0.4, -0.2) is 151 Å². The lowest BCUT2D eigenvalue weighted by Crippen LogP contribution is -2.53. The summed E-state index contributed by atoms with van der Waals surface area (Å²) >= 11 is 0. The normalized spacial score (nSPS) is 9.44. The van der Waals surface area contributed by atoms with Gasteiger partial charge in [0.05, 0.1) is 0 Å². The van der Waals surface area contributed by atoms with Crippen molar-refractivity contribution in [3.8, 4) is 0 Å². The van der Waals surface area contributed by atoms with Crippen LogP contribution in [0.5, 0.6) is 0 Å². The van der Waals surface area contributed by atoms with Gasteiger partial charge in [0.25, 0.3) is 0 Å². The summed E-state index contributed by atoms with van der Waals surface area (Å²) in [6.45, 7) is 0. The fraction of sp³-hybridized carbons (Fsp3) is 0. The first kappa shape index (κ1) is 39.1. The van der Waals surface area contributed by atoms with E-state index < -0.39 is 151 Å². The van der Waals surface area contributed by atoms with Gasteiger partial charge in [0, 0.05) is 0 Å². The molecule has 20 nitrogen and oxygen atoms in total. The number of hydrogen-bond acceptors (Lipinski definition) is 20. The lowest BCUT2D eigenvalue weighted by molar-refractivity contribution is 0.430. The molecule has 0 amide bonds. The summed E-state index contributed by atoms with van der Waals surface area (Å²) in [5.74, 6) is 0. The van der Waals surface area contributed by atoms with Crippen LogP contribution in [0.3, 0.4) is 0 Å². The van der Waals surface area contributed by atoms with Crippen molar-refractivity contribution in [2.45, 2.75) is 0 Å². The lowest BCUT2D eigenvalue weighted by atomic mass is 15.8. The highest BCUT2D eigenvalue weighted by Gasteiger charge is 2.53. The quantitative estimate of drug-likeness (QED) is 0.109. The molecule has 0 aliphatic heterocycles. The predicted molar refractivity (Wildman–Crippen MR) is 126 cm³/mol. The van der Waals surface area contributed by atoms with Crippen LogP contribution >= 0.6 is 0 Å². The van der Waals surface area contributed by atoms with E-state index in [1.165, 1.54) is 0 Å². The van der Waals surface area contributed by atoms with Crippen LogP contribution in [0.15, 0.2) is 0 Å². The summed E-state index contributed by atoms with van der Waals surface area (Å²) in [7, 11) is -72.8. The number of rotatable bonds is 19. The summed E-state index contributed by atoms with van der Waals surface area (Å²) in [5, 5.41) is 0. The van der Waals surface area contributed by atoms with Crippen LogP contribution in [0.1, 0.15) is 0 Å². The second-order valence-electron chi connectivity index (χ2n) is 5.92. The summed E-state index contributed by atoms with van der Waals surface area (Å²) in [6, 6.07) is 0. The molecule has 39 heavy (non-hydrogen) atoms. The molecule has 0 aromatic rings. The van der Waals surface area contributed by atoms with E-state index in [-0.39, 0.29) is 0 Å². The molecule has 0 rings (SSSR count). The molecule has 0 heterocycles. The maximum absolute atomic E-state index is 12.2. The van der Waals surface area contributed by atoms with Crippen molar-refractivity contribution in [1.29, 1.82) is 0 Å². The minimum atomic E-state index is -4.35. The van der Waals surface area contributed by atoms with Gasteiger partial charge in [-0.3, -0.25) is 0 Å². The molecule has 0 unspecified atom stereocenters. The van der Waals surface area contributed by atoms with Crippen molar-refractivity contribution in [2.75, 3.05) is 0 Å². The molecular weight excluding hydrogens is 854 g/mol. The smallest absolute Gasteiger partial charge is 0.522 e. The molecule has 0 aliphatic carbocycles. The van der Waals surface area contributed by atoms with E-state index in [1.54, 1.807) is 0 Å². The highest BCUT2D eigenvalue weighted by atomic mass is 30.1. The van der Waals surface area contributed by atoms with Crippen LogP contribution in [0.25, 0.3) is 0 Å². The van der Waals surface area contributed by atoms with Crippen molar-refractivity contribution in [1.82, 2.24) is 0 Å². The second kappa shape index (κ2) is 17.9. The molecule has 0 fully saturated rings. The van der Waals surface area contributed by atoms with Crippen LogP contribution in [-0.2, 0) is 88.9 Å². The van der Waals surface area contributed by atoms with Crippen molar-refractivity contribution in [2.24, 2.45) is 0 Å². The molecular formula is H2O20Si19. The largest absolute Gasteiger partial charge is 0.539 e. The van der Waals surface area contributed by atoms with Gasteiger partial charge in [-0.1, -0.05) is 0 Å². The van der Waals surface area contributed by atoms with Crippen LogP contribution in [0.4, 0.5) is 0 Å². The molecule has 39 heteroatoms. The highest BCUT2D eigenvalue weighted by Crippen LogP contribution is 1.88. The third-order valence-corrected chi connectivity index (χ3v) is 123. The van der Waals surface area contributed by atoms with Gasteiger partial charge in [-0.2, -0.15) is 0 Å². The molecule has 0 bridgehead atoms. The van der Waals surface area contributed by atoms with Gasteiger partial charge < -0.3 is 88.9 Å². The van der Waals surface area contributed by atoms with E-state index in [0.717, 1.165) is 0 Å². The average Bonchev–Trinajstić information content (AvgIpc) is 2.94. The fourth-order valence-corrected chi connectivity index (χ4v) is 163. The molecule has 0 aliphatic rings. The molecule has 198 valence electrons. The van der Waals surface area contributed by atoms with Crippen molar-refractivity contribution in [3.63, 3.8) is 0 Å². The van der Waals surface area contributed by atoms with Crippen molar-refractivity contribution >= 4 is 151 Å².